The Hall–Kier alpha value is 0.792. The molecule has 2 heterocycles. The maximum absolute atomic E-state index is 5.67. The smallest absolute Gasteiger partial charge is 0.529 e. The summed E-state index contributed by atoms with van der Waals surface area (Å²) in [5.41, 5.74) is 1.07. The third-order valence-electron chi connectivity index (χ3n) is 2.90. The predicted molar refractivity (Wildman–Crippen MR) is 60.3 cm³/mol. The maximum atomic E-state index is 5.67. The van der Waals surface area contributed by atoms with Gasteiger partial charge in [0, 0.05) is 0 Å². The Morgan fingerprint density at radius 3 is 2.94 bits per heavy atom. The van der Waals surface area contributed by atoms with Crippen molar-refractivity contribution < 1.29 is 87.8 Å². The first-order valence-corrected chi connectivity index (χ1v) is 5.80. The Morgan fingerprint density at radius 1 is 1.33 bits per heavy atom. The van der Waals surface area contributed by atoms with Crippen molar-refractivity contribution in [2.24, 2.45) is 5.92 Å². The molecule has 1 aromatic rings. The third-order valence-corrected chi connectivity index (χ3v) is 2.90. The number of hydrogen-bond acceptors (Lipinski definition) is 4. The first-order chi connectivity index (χ1) is 8.31. The van der Waals surface area contributed by atoms with E-state index in [0.717, 1.165) is 23.5 Å². The van der Waals surface area contributed by atoms with Crippen LogP contribution in [0, 0.1) is 12.5 Å². The van der Waals surface area contributed by atoms with Gasteiger partial charge in [0.15, 0.2) is 11.5 Å². The molecule has 2 aliphatic rings. The van der Waals surface area contributed by atoms with Crippen molar-refractivity contribution in [1.29, 1.82) is 0 Å². The van der Waals surface area contributed by atoms with E-state index in [0.29, 0.717) is 19.3 Å². The van der Waals surface area contributed by atoms with Crippen LogP contribution in [0.4, 0.5) is 0 Å². The second-order valence-electron chi connectivity index (χ2n) is 4.41. The summed E-state index contributed by atoms with van der Waals surface area (Å²) in [7, 11) is 0. The van der Waals surface area contributed by atoms with Crippen LogP contribution >= 0.6 is 0 Å². The molecule has 18 heavy (non-hydrogen) atoms. The van der Waals surface area contributed by atoms with E-state index in [-0.39, 0.29) is 75.2 Å². The third kappa shape index (κ3) is 3.67. The summed E-state index contributed by atoms with van der Waals surface area (Å²) in [6.07, 6.45) is 0.806. The molecule has 3 rings (SSSR count). The number of fused-ring (bicyclic) bond motifs is 1. The van der Waals surface area contributed by atoms with Gasteiger partial charge in [0.2, 0.25) is 6.79 Å². The molecule has 1 aromatic carbocycles. The van der Waals surface area contributed by atoms with E-state index >= 15 is 0 Å². The summed E-state index contributed by atoms with van der Waals surface area (Å²) in [6, 6.07) is 5.84. The van der Waals surface area contributed by atoms with Gasteiger partial charge in [-0.1, -0.05) is 13.0 Å². The van der Waals surface area contributed by atoms with E-state index in [2.05, 4.69) is 6.92 Å². The van der Waals surface area contributed by atoms with E-state index in [9.17, 15) is 0 Å². The Balaban J connectivity index is 0.00000120. The van der Waals surface area contributed by atoms with Crippen LogP contribution in [0.25, 0.3) is 0 Å². The van der Waals surface area contributed by atoms with Crippen molar-refractivity contribution in [3.05, 3.63) is 30.4 Å². The molecule has 2 atom stereocenters. The minimum atomic E-state index is -0.115. The minimum absolute atomic E-state index is 0. The van der Waals surface area contributed by atoms with E-state index in [1.807, 2.05) is 24.8 Å². The summed E-state index contributed by atoms with van der Waals surface area (Å²) in [5.74, 6) is 2.06. The standard InChI is InChI=1S/C13H15O4.Cs/c1-9-4-13(14-6-9)15-7-10-2-3-11-12(5-10)17-8-16-11;/h2-3,5-6,9,13H,4,7-8H2,1H3;/q-1;+1/t9-,13?;/m1./s1. The molecule has 4 nitrogen and oxygen atoms in total. The quantitative estimate of drug-likeness (QED) is 0.674. The van der Waals surface area contributed by atoms with Crippen molar-refractivity contribution in [1.82, 2.24) is 0 Å². The van der Waals surface area contributed by atoms with E-state index < -0.39 is 0 Å². The molecule has 2 aliphatic heterocycles. The second-order valence-corrected chi connectivity index (χ2v) is 4.41. The largest absolute Gasteiger partial charge is 1.00 e. The van der Waals surface area contributed by atoms with Gasteiger partial charge in [-0.15, -0.1) is 5.92 Å². The van der Waals surface area contributed by atoms with Gasteiger partial charge >= 0.3 is 68.9 Å². The molecule has 1 fully saturated rings. The van der Waals surface area contributed by atoms with Crippen molar-refractivity contribution in [3.63, 3.8) is 0 Å². The van der Waals surface area contributed by atoms with Crippen LogP contribution in [-0.2, 0) is 16.1 Å². The average Bonchev–Trinajstić information content (AvgIpc) is 2.94. The normalized spacial score (nSPS) is 24.9. The summed E-state index contributed by atoms with van der Waals surface area (Å²) in [6.45, 7) is 4.79. The SMILES string of the molecule is C[C@H]1[CH-]OC(OCc2ccc3c(c2)OCO3)C1.[Cs+]. The molecule has 0 aromatic heterocycles. The Morgan fingerprint density at radius 2 is 2.17 bits per heavy atom. The zero-order valence-corrected chi connectivity index (χ0v) is 17.0. The summed E-state index contributed by atoms with van der Waals surface area (Å²) < 4.78 is 21.6. The van der Waals surface area contributed by atoms with Crippen molar-refractivity contribution in [2.45, 2.75) is 26.2 Å². The molecule has 1 unspecified atom stereocenters. The van der Waals surface area contributed by atoms with Gasteiger partial charge in [0.1, 0.15) is 6.29 Å². The topological polar surface area (TPSA) is 36.9 Å². The Bertz CT molecular complexity index is 410. The zero-order valence-electron chi connectivity index (χ0n) is 10.7. The van der Waals surface area contributed by atoms with Gasteiger partial charge in [-0.25, -0.2) is 6.61 Å². The molecular weight excluding hydrogens is 353 g/mol. The van der Waals surface area contributed by atoms with Crippen LogP contribution in [0.3, 0.4) is 0 Å². The number of rotatable bonds is 3. The Kier molecular flexibility index (Phi) is 5.90. The van der Waals surface area contributed by atoms with Crippen LogP contribution in [0.5, 0.6) is 11.5 Å². The van der Waals surface area contributed by atoms with Gasteiger partial charge in [-0.2, -0.15) is 0 Å². The molecule has 0 N–H and O–H groups in total. The van der Waals surface area contributed by atoms with Crippen LogP contribution < -0.4 is 78.4 Å². The molecule has 0 bridgehead atoms. The number of ether oxygens (including phenoxy) is 4. The molecule has 5 heteroatoms. The fourth-order valence-corrected chi connectivity index (χ4v) is 1.96. The number of benzene rings is 1. The van der Waals surface area contributed by atoms with E-state index in [1.165, 1.54) is 0 Å². The van der Waals surface area contributed by atoms with Gasteiger partial charge in [-0.05, 0) is 24.1 Å². The summed E-state index contributed by atoms with van der Waals surface area (Å²) in [5, 5.41) is 0. The molecule has 92 valence electrons. The number of hydrogen-bond donors (Lipinski definition) is 0. The van der Waals surface area contributed by atoms with Gasteiger partial charge in [0.05, 0.1) is 6.61 Å². The first kappa shape index (κ1) is 15.2. The van der Waals surface area contributed by atoms with Crippen LogP contribution in [0.2, 0.25) is 0 Å². The van der Waals surface area contributed by atoms with Crippen molar-refractivity contribution in [2.75, 3.05) is 6.79 Å². The molecule has 1 saturated heterocycles. The van der Waals surface area contributed by atoms with Gasteiger partial charge < -0.3 is 18.9 Å². The van der Waals surface area contributed by atoms with Gasteiger partial charge in [0.25, 0.3) is 0 Å². The fourth-order valence-electron chi connectivity index (χ4n) is 1.96. The van der Waals surface area contributed by atoms with E-state index in [1.54, 1.807) is 0 Å². The molecule has 0 spiro atoms. The molecule has 0 radical (unpaired) electrons. The van der Waals surface area contributed by atoms with Gasteiger partial charge in [-0.3, -0.25) is 0 Å². The minimum Gasteiger partial charge on any atom is -0.529 e. The van der Waals surface area contributed by atoms with Crippen LogP contribution in [-0.4, -0.2) is 13.1 Å². The molecule has 0 aliphatic carbocycles. The fraction of sp³-hybridized carbons (Fsp3) is 0.462. The molecule has 0 amide bonds. The predicted octanol–water partition coefficient (Wildman–Crippen LogP) is -0.520. The Labute approximate surface area is 166 Å². The van der Waals surface area contributed by atoms with E-state index in [4.69, 9.17) is 18.9 Å². The van der Waals surface area contributed by atoms with Crippen LogP contribution in [0.1, 0.15) is 18.9 Å². The van der Waals surface area contributed by atoms with Crippen molar-refractivity contribution >= 4 is 0 Å². The molecule has 0 saturated carbocycles. The van der Waals surface area contributed by atoms with Crippen LogP contribution in [0.15, 0.2) is 18.2 Å². The average molecular weight is 368 g/mol. The van der Waals surface area contributed by atoms with Crippen molar-refractivity contribution in [3.8, 4) is 11.5 Å². The summed E-state index contributed by atoms with van der Waals surface area (Å²) in [4.78, 5) is 0. The first-order valence-electron chi connectivity index (χ1n) is 5.80. The zero-order chi connectivity index (χ0) is 11.7. The monoisotopic (exact) mass is 368 g/mol. The summed E-state index contributed by atoms with van der Waals surface area (Å²) >= 11 is 0. The maximum Gasteiger partial charge on any atom is 1.00 e. The molecular formula is C13H15CsO4. The second kappa shape index (κ2) is 6.99.